The van der Waals surface area contributed by atoms with Crippen LogP contribution in [0.4, 0.5) is 0 Å². The third-order valence-corrected chi connectivity index (χ3v) is 5.46. The van der Waals surface area contributed by atoms with Crippen molar-refractivity contribution < 1.29 is 14.3 Å². The number of esters is 1. The van der Waals surface area contributed by atoms with E-state index in [1.165, 1.54) is 0 Å². The average Bonchev–Trinajstić information content (AvgIpc) is 3.14. The monoisotopic (exact) mass is 366 g/mol. The van der Waals surface area contributed by atoms with Crippen LogP contribution in [0.5, 0.6) is 5.88 Å². The fourth-order valence-electron chi connectivity index (χ4n) is 3.76. The van der Waals surface area contributed by atoms with Gasteiger partial charge in [0.15, 0.2) is 6.10 Å². The molecule has 138 valence electrons. The molecule has 1 aromatic rings. The molecule has 4 atom stereocenters. The second-order valence-corrected chi connectivity index (χ2v) is 7.75. The van der Waals surface area contributed by atoms with E-state index in [1.807, 2.05) is 6.92 Å². The number of carbonyl (C=O) groups excluding carboxylic acids is 1. The number of nitrogens with zero attached hydrogens (tertiary/aromatic N) is 1. The number of fused-ring (bicyclic) bond motifs is 2. The second-order valence-electron chi connectivity index (χ2n) is 7.32. The number of hydrogen-bond donors (Lipinski definition) is 1. The summed E-state index contributed by atoms with van der Waals surface area (Å²) in [5.41, 5.74) is -0.720. The van der Waals surface area contributed by atoms with Gasteiger partial charge >= 0.3 is 5.97 Å². The zero-order valence-corrected chi connectivity index (χ0v) is 15.7. The molecule has 25 heavy (non-hydrogen) atoms. The first-order valence-corrected chi connectivity index (χ1v) is 9.66. The molecule has 1 aromatic heterocycles. The highest BCUT2D eigenvalue weighted by Gasteiger charge is 2.57. The molecule has 3 rings (SSSR count). The van der Waals surface area contributed by atoms with Crippen molar-refractivity contribution >= 4 is 17.6 Å². The lowest BCUT2D eigenvalue weighted by Crippen LogP contribution is -2.56. The minimum Gasteiger partial charge on any atom is -0.469 e. The van der Waals surface area contributed by atoms with Crippen LogP contribution in [0.1, 0.15) is 52.4 Å². The standard InChI is InChI=1S/C19H27ClN2O3/c1-3-4-5-6-13(2)18(23)25-19-10-14(11-22-19)9-16(19)24-17-8-7-15(20)12-21-17/h7-8,12-14,16,22H,3-6,9-11H2,1-2H3/t13?,14-,16-,19+/m1/s1. The molecule has 1 aliphatic carbocycles. The van der Waals surface area contributed by atoms with Gasteiger partial charge in [0.1, 0.15) is 0 Å². The highest BCUT2D eigenvalue weighted by molar-refractivity contribution is 6.30. The first-order chi connectivity index (χ1) is 12.0. The van der Waals surface area contributed by atoms with Gasteiger partial charge in [-0.2, -0.15) is 0 Å². The van der Waals surface area contributed by atoms with Crippen LogP contribution >= 0.6 is 11.6 Å². The van der Waals surface area contributed by atoms with Crippen molar-refractivity contribution in [3.63, 3.8) is 0 Å². The Morgan fingerprint density at radius 3 is 3.00 bits per heavy atom. The maximum absolute atomic E-state index is 12.6. The molecule has 0 radical (unpaired) electrons. The summed E-state index contributed by atoms with van der Waals surface area (Å²) in [6.07, 6.45) is 7.25. The van der Waals surface area contributed by atoms with E-state index in [-0.39, 0.29) is 18.0 Å². The molecule has 1 unspecified atom stereocenters. The van der Waals surface area contributed by atoms with Crippen molar-refractivity contribution in [3.8, 4) is 5.88 Å². The molecule has 0 amide bonds. The number of rotatable bonds is 8. The molecule has 0 spiro atoms. The molecule has 2 bridgehead atoms. The van der Waals surface area contributed by atoms with Crippen molar-refractivity contribution in [1.82, 2.24) is 10.3 Å². The minimum atomic E-state index is -0.720. The van der Waals surface area contributed by atoms with Gasteiger partial charge in [-0.25, -0.2) is 4.98 Å². The summed E-state index contributed by atoms with van der Waals surface area (Å²) in [6, 6.07) is 3.50. The van der Waals surface area contributed by atoms with Crippen molar-refractivity contribution in [2.75, 3.05) is 6.54 Å². The predicted molar refractivity (Wildman–Crippen MR) is 96.5 cm³/mol. The number of halogens is 1. The van der Waals surface area contributed by atoms with Gasteiger partial charge in [-0.3, -0.25) is 10.1 Å². The molecule has 5 nitrogen and oxygen atoms in total. The van der Waals surface area contributed by atoms with E-state index in [0.29, 0.717) is 16.8 Å². The van der Waals surface area contributed by atoms with Gasteiger partial charge in [0.2, 0.25) is 11.6 Å². The predicted octanol–water partition coefficient (Wildman–Crippen LogP) is 3.95. The maximum atomic E-state index is 12.6. The Morgan fingerprint density at radius 1 is 1.48 bits per heavy atom. The molecule has 1 saturated carbocycles. The summed E-state index contributed by atoms with van der Waals surface area (Å²) in [5, 5.41) is 3.95. The molecule has 1 saturated heterocycles. The smallest absolute Gasteiger partial charge is 0.310 e. The summed E-state index contributed by atoms with van der Waals surface area (Å²) in [7, 11) is 0. The molecule has 2 heterocycles. The van der Waals surface area contributed by atoms with Gasteiger partial charge in [0.25, 0.3) is 0 Å². The van der Waals surface area contributed by atoms with Crippen LogP contribution in [0, 0.1) is 11.8 Å². The van der Waals surface area contributed by atoms with E-state index >= 15 is 0 Å². The largest absolute Gasteiger partial charge is 0.469 e. The van der Waals surface area contributed by atoms with Gasteiger partial charge in [-0.05, 0) is 24.8 Å². The number of pyridine rings is 1. The Bertz CT molecular complexity index is 595. The third-order valence-electron chi connectivity index (χ3n) is 5.24. The maximum Gasteiger partial charge on any atom is 0.310 e. The fraction of sp³-hybridized carbons (Fsp3) is 0.684. The molecule has 2 fully saturated rings. The Balaban J connectivity index is 1.63. The number of hydrogen-bond acceptors (Lipinski definition) is 5. The number of piperidine rings is 1. The Kier molecular flexibility index (Phi) is 5.85. The Morgan fingerprint density at radius 2 is 2.32 bits per heavy atom. The van der Waals surface area contributed by atoms with E-state index in [0.717, 1.165) is 45.1 Å². The molecular weight excluding hydrogens is 340 g/mol. The third kappa shape index (κ3) is 4.26. The van der Waals surface area contributed by atoms with Gasteiger partial charge in [0, 0.05) is 25.2 Å². The van der Waals surface area contributed by atoms with Crippen molar-refractivity contribution in [2.45, 2.75) is 64.2 Å². The summed E-state index contributed by atoms with van der Waals surface area (Å²) < 4.78 is 12.0. The molecule has 6 heteroatoms. The van der Waals surface area contributed by atoms with E-state index in [2.05, 4.69) is 17.2 Å². The zero-order chi connectivity index (χ0) is 17.9. The van der Waals surface area contributed by atoms with E-state index in [9.17, 15) is 4.79 Å². The van der Waals surface area contributed by atoms with Crippen LogP contribution in [0.2, 0.25) is 5.02 Å². The van der Waals surface area contributed by atoms with Gasteiger partial charge in [-0.15, -0.1) is 0 Å². The summed E-state index contributed by atoms with van der Waals surface area (Å²) >= 11 is 5.87. The first-order valence-electron chi connectivity index (χ1n) is 9.28. The summed E-state index contributed by atoms with van der Waals surface area (Å²) in [5.74, 6) is 0.760. The number of nitrogens with one attached hydrogen (secondary N) is 1. The van der Waals surface area contributed by atoms with Crippen LogP contribution in [-0.2, 0) is 9.53 Å². The van der Waals surface area contributed by atoms with Crippen molar-refractivity contribution in [3.05, 3.63) is 23.4 Å². The zero-order valence-electron chi connectivity index (χ0n) is 15.0. The Hall–Kier alpha value is -1.33. The van der Waals surface area contributed by atoms with Crippen molar-refractivity contribution in [2.24, 2.45) is 11.8 Å². The van der Waals surface area contributed by atoms with Crippen molar-refractivity contribution in [1.29, 1.82) is 0 Å². The molecule has 1 N–H and O–H groups in total. The highest BCUT2D eigenvalue weighted by atomic mass is 35.5. The van der Waals surface area contributed by atoms with Gasteiger partial charge in [-0.1, -0.05) is 44.7 Å². The molecular formula is C19H27ClN2O3. The van der Waals surface area contributed by atoms with Crippen LogP contribution in [-0.4, -0.2) is 29.3 Å². The topological polar surface area (TPSA) is 60.5 Å². The SMILES string of the molecule is CCCCCC(C)C(=O)O[C@]12C[C@H](CN1)C[C@H]2Oc1ccc(Cl)cn1. The lowest BCUT2D eigenvalue weighted by Gasteiger charge is -2.35. The lowest BCUT2D eigenvalue weighted by molar-refractivity contribution is -0.176. The van der Waals surface area contributed by atoms with E-state index in [1.54, 1.807) is 18.3 Å². The van der Waals surface area contributed by atoms with Gasteiger partial charge in [0.05, 0.1) is 10.9 Å². The molecule has 0 aromatic carbocycles. The van der Waals surface area contributed by atoms with Crippen LogP contribution in [0.15, 0.2) is 18.3 Å². The summed E-state index contributed by atoms with van der Waals surface area (Å²) in [6.45, 7) is 4.98. The lowest BCUT2D eigenvalue weighted by atomic mass is 10.0. The fourth-order valence-corrected chi connectivity index (χ4v) is 3.87. The average molecular weight is 367 g/mol. The van der Waals surface area contributed by atoms with Crippen LogP contribution < -0.4 is 10.1 Å². The van der Waals surface area contributed by atoms with E-state index < -0.39 is 5.72 Å². The van der Waals surface area contributed by atoms with Crippen LogP contribution in [0.25, 0.3) is 0 Å². The Labute approximate surface area is 154 Å². The number of unbranched alkanes of at least 4 members (excludes halogenated alkanes) is 2. The minimum absolute atomic E-state index is 0.0864. The number of carbonyl (C=O) groups is 1. The normalized spacial score (nSPS) is 28.8. The number of ether oxygens (including phenoxy) is 2. The first kappa shape index (κ1) is 18.5. The number of aromatic nitrogens is 1. The van der Waals surface area contributed by atoms with Gasteiger partial charge < -0.3 is 9.47 Å². The van der Waals surface area contributed by atoms with Crippen LogP contribution in [0.3, 0.4) is 0 Å². The molecule has 1 aliphatic heterocycles. The highest BCUT2D eigenvalue weighted by Crippen LogP contribution is 2.43. The second kappa shape index (κ2) is 7.92. The van der Waals surface area contributed by atoms with E-state index in [4.69, 9.17) is 21.1 Å². The summed E-state index contributed by atoms with van der Waals surface area (Å²) in [4.78, 5) is 16.8. The quantitative estimate of drug-likeness (QED) is 0.557. The molecule has 2 aliphatic rings.